The van der Waals surface area contributed by atoms with Gasteiger partial charge >= 0.3 is 0 Å². The standard InChI is InChI=1S/C21H33N7O2.HI/c1-22-21(23-8-4-5-9-27-16-24-25-17-27)28-12-10-26(11-13-28)15-18-14-19(29-2)6-7-20(18)30-3;/h6-7,14,16-17H,4-5,8-13,15H2,1-3H3,(H,22,23);1H. The molecule has 0 atom stereocenters. The molecule has 1 aromatic heterocycles. The van der Waals surface area contributed by atoms with Crippen LogP contribution in [0.3, 0.4) is 0 Å². The van der Waals surface area contributed by atoms with Crippen LogP contribution in [0.15, 0.2) is 35.8 Å². The van der Waals surface area contributed by atoms with Gasteiger partial charge in [0.15, 0.2) is 5.96 Å². The number of halogens is 1. The van der Waals surface area contributed by atoms with Gasteiger partial charge in [-0.2, -0.15) is 0 Å². The van der Waals surface area contributed by atoms with E-state index in [4.69, 9.17) is 9.47 Å². The second kappa shape index (κ2) is 13.4. The van der Waals surface area contributed by atoms with Crippen LogP contribution in [0.25, 0.3) is 0 Å². The van der Waals surface area contributed by atoms with Gasteiger partial charge in [0.2, 0.25) is 0 Å². The zero-order valence-corrected chi connectivity index (χ0v) is 21.0. The number of ether oxygens (including phenoxy) is 2. The van der Waals surface area contributed by atoms with Gasteiger partial charge in [0.05, 0.1) is 14.2 Å². The summed E-state index contributed by atoms with van der Waals surface area (Å²) in [6.45, 7) is 6.57. The van der Waals surface area contributed by atoms with E-state index in [1.807, 2.05) is 23.7 Å². The van der Waals surface area contributed by atoms with E-state index < -0.39 is 0 Å². The molecule has 0 aliphatic carbocycles. The molecule has 0 bridgehead atoms. The van der Waals surface area contributed by atoms with Crippen molar-refractivity contribution in [1.29, 1.82) is 0 Å². The first kappa shape index (κ1) is 25.2. The van der Waals surface area contributed by atoms with Crippen molar-refractivity contribution >= 4 is 29.9 Å². The lowest BCUT2D eigenvalue weighted by Crippen LogP contribution is -2.52. The number of methoxy groups -OCH3 is 2. The van der Waals surface area contributed by atoms with Crippen LogP contribution >= 0.6 is 24.0 Å². The van der Waals surface area contributed by atoms with E-state index in [-0.39, 0.29) is 24.0 Å². The number of unbranched alkanes of at least 4 members (excludes halogenated alkanes) is 1. The first-order chi connectivity index (χ1) is 14.7. The van der Waals surface area contributed by atoms with Crippen molar-refractivity contribution in [1.82, 2.24) is 29.9 Å². The molecule has 1 N–H and O–H groups in total. The fourth-order valence-electron chi connectivity index (χ4n) is 3.65. The van der Waals surface area contributed by atoms with Crippen LogP contribution in [-0.2, 0) is 13.1 Å². The van der Waals surface area contributed by atoms with E-state index in [1.165, 1.54) is 0 Å². The number of hydrogen-bond donors (Lipinski definition) is 1. The van der Waals surface area contributed by atoms with E-state index >= 15 is 0 Å². The molecule has 3 rings (SSSR count). The number of nitrogens with zero attached hydrogens (tertiary/aromatic N) is 6. The second-order valence-electron chi connectivity index (χ2n) is 7.32. The number of guanidine groups is 1. The lowest BCUT2D eigenvalue weighted by Gasteiger charge is -2.36. The van der Waals surface area contributed by atoms with Crippen molar-refractivity contribution in [2.45, 2.75) is 25.9 Å². The van der Waals surface area contributed by atoms with Gasteiger partial charge in [-0.05, 0) is 31.0 Å². The minimum Gasteiger partial charge on any atom is -0.497 e. The Balaban J connectivity index is 0.00000341. The molecule has 0 unspecified atom stereocenters. The van der Waals surface area contributed by atoms with Crippen molar-refractivity contribution in [3.05, 3.63) is 36.4 Å². The minimum absolute atomic E-state index is 0. The van der Waals surface area contributed by atoms with Crippen LogP contribution in [0.1, 0.15) is 18.4 Å². The van der Waals surface area contributed by atoms with Gasteiger partial charge in [-0.3, -0.25) is 9.89 Å². The van der Waals surface area contributed by atoms with Gasteiger partial charge in [-0.25, -0.2) is 0 Å². The molecular formula is C21H34IN7O2. The number of benzene rings is 1. The first-order valence-corrected chi connectivity index (χ1v) is 10.4. The number of aromatic nitrogens is 3. The molecule has 0 saturated carbocycles. The minimum atomic E-state index is 0. The Hall–Kier alpha value is -2.08. The largest absolute Gasteiger partial charge is 0.497 e. The molecule has 0 amide bonds. The predicted octanol–water partition coefficient (Wildman–Crippen LogP) is 2.09. The number of hydrogen-bond acceptors (Lipinski definition) is 6. The molecule has 1 fully saturated rings. The quantitative estimate of drug-likeness (QED) is 0.225. The first-order valence-electron chi connectivity index (χ1n) is 10.4. The summed E-state index contributed by atoms with van der Waals surface area (Å²) in [5, 5.41) is 11.2. The predicted molar refractivity (Wildman–Crippen MR) is 132 cm³/mol. The van der Waals surface area contributed by atoms with E-state index in [9.17, 15) is 0 Å². The summed E-state index contributed by atoms with van der Waals surface area (Å²) in [5.74, 6) is 2.75. The molecule has 1 saturated heterocycles. The Morgan fingerprint density at radius 2 is 1.81 bits per heavy atom. The van der Waals surface area contributed by atoms with Gasteiger partial charge in [0, 0.05) is 58.4 Å². The highest BCUT2D eigenvalue weighted by molar-refractivity contribution is 14.0. The monoisotopic (exact) mass is 543 g/mol. The molecule has 9 nitrogen and oxygen atoms in total. The normalized spacial score (nSPS) is 14.8. The van der Waals surface area contributed by atoms with E-state index in [0.717, 1.165) is 81.7 Å². The maximum Gasteiger partial charge on any atom is 0.193 e. The Labute approximate surface area is 201 Å². The second-order valence-corrected chi connectivity index (χ2v) is 7.32. The van der Waals surface area contributed by atoms with Crippen LogP contribution in [0.2, 0.25) is 0 Å². The molecular weight excluding hydrogens is 509 g/mol. The van der Waals surface area contributed by atoms with Crippen molar-refractivity contribution < 1.29 is 9.47 Å². The van der Waals surface area contributed by atoms with Crippen molar-refractivity contribution in [2.24, 2.45) is 4.99 Å². The van der Waals surface area contributed by atoms with Gasteiger partial charge in [0.25, 0.3) is 0 Å². The zero-order chi connectivity index (χ0) is 21.2. The average molecular weight is 543 g/mol. The number of nitrogens with one attached hydrogen (secondary N) is 1. The maximum atomic E-state index is 5.52. The number of aliphatic imine (C=N–C) groups is 1. The molecule has 2 aromatic rings. The van der Waals surface area contributed by atoms with Gasteiger partial charge in [-0.15, -0.1) is 34.2 Å². The van der Waals surface area contributed by atoms with E-state index in [0.29, 0.717) is 0 Å². The summed E-state index contributed by atoms with van der Waals surface area (Å²) in [5.41, 5.74) is 1.15. The van der Waals surface area contributed by atoms with Crippen LogP contribution in [0.4, 0.5) is 0 Å². The molecule has 1 aliphatic heterocycles. The van der Waals surface area contributed by atoms with Gasteiger partial charge in [0.1, 0.15) is 24.2 Å². The van der Waals surface area contributed by atoms with Crippen molar-refractivity contribution in [2.75, 3.05) is 54.0 Å². The molecule has 1 aromatic carbocycles. The summed E-state index contributed by atoms with van der Waals surface area (Å²) in [7, 11) is 5.26. The van der Waals surface area contributed by atoms with Crippen LogP contribution in [0, 0.1) is 0 Å². The number of aryl methyl sites for hydroxylation is 1. The number of rotatable bonds is 9. The molecule has 2 heterocycles. The Kier molecular flexibility index (Phi) is 10.9. The molecule has 1 aliphatic rings. The van der Waals surface area contributed by atoms with E-state index in [1.54, 1.807) is 26.9 Å². The summed E-state index contributed by atoms with van der Waals surface area (Å²) in [6.07, 6.45) is 5.67. The third-order valence-electron chi connectivity index (χ3n) is 5.36. The van der Waals surface area contributed by atoms with Gasteiger partial charge < -0.3 is 24.3 Å². The maximum absolute atomic E-state index is 5.52. The Morgan fingerprint density at radius 1 is 1.06 bits per heavy atom. The highest BCUT2D eigenvalue weighted by atomic mass is 127. The Bertz CT molecular complexity index is 793. The van der Waals surface area contributed by atoms with Crippen LogP contribution < -0.4 is 14.8 Å². The fourth-order valence-corrected chi connectivity index (χ4v) is 3.65. The molecule has 10 heteroatoms. The summed E-state index contributed by atoms with van der Waals surface area (Å²) in [6, 6.07) is 5.97. The molecule has 0 radical (unpaired) electrons. The molecule has 172 valence electrons. The average Bonchev–Trinajstić information content (AvgIpc) is 3.30. The summed E-state index contributed by atoms with van der Waals surface area (Å²) >= 11 is 0. The topological polar surface area (TPSA) is 80.0 Å². The highest BCUT2D eigenvalue weighted by Gasteiger charge is 2.20. The summed E-state index contributed by atoms with van der Waals surface area (Å²) < 4.78 is 12.9. The fraction of sp³-hybridized carbons (Fsp3) is 0.571. The molecule has 0 spiro atoms. The summed E-state index contributed by atoms with van der Waals surface area (Å²) in [4.78, 5) is 9.25. The molecule has 31 heavy (non-hydrogen) atoms. The van der Waals surface area contributed by atoms with E-state index in [2.05, 4.69) is 36.4 Å². The van der Waals surface area contributed by atoms with Gasteiger partial charge in [-0.1, -0.05) is 0 Å². The third-order valence-corrected chi connectivity index (χ3v) is 5.36. The highest BCUT2D eigenvalue weighted by Crippen LogP contribution is 2.25. The lowest BCUT2D eigenvalue weighted by atomic mass is 10.1. The smallest absolute Gasteiger partial charge is 0.193 e. The zero-order valence-electron chi connectivity index (χ0n) is 18.7. The third kappa shape index (κ3) is 7.53. The number of piperazine rings is 1. The van der Waals surface area contributed by atoms with Crippen molar-refractivity contribution in [3.8, 4) is 11.5 Å². The lowest BCUT2D eigenvalue weighted by molar-refractivity contribution is 0.171. The van der Waals surface area contributed by atoms with Crippen LogP contribution in [-0.4, -0.2) is 84.5 Å². The van der Waals surface area contributed by atoms with Crippen molar-refractivity contribution in [3.63, 3.8) is 0 Å². The Morgan fingerprint density at radius 3 is 2.45 bits per heavy atom. The SMILES string of the molecule is CN=C(NCCCCn1cnnc1)N1CCN(Cc2cc(OC)ccc2OC)CC1.I. The van der Waals surface area contributed by atoms with Crippen LogP contribution in [0.5, 0.6) is 11.5 Å².